The molecule has 0 fully saturated rings. The van der Waals surface area contributed by atoms with Crippen LogP contribution in [-0.2, 0) is 16.0 Å². The first-order chi connectivity index (χ1) is 20.1. The van der Waals surface area contributed by atoms with Gasteiger partial charge in [0, 0.05) is 24.2 Å². The molecule has 0 bridgehead atoms. The van der Waals surface area contributed by atoms with Gasteiger partial charge in [-0.25, -0.2) is 0 Å². The lowest BCUT2D eigenvalue weighted by molar-refractivity contribution is -0.120. The van der Waals surface area contributed by atoms with Crippen LogP contribution in [0.15, 0.2) is 35.1 Å². The first kappa shape index (κ1) is 30.4. The zero-order valence-corrected chi connectivity index (χ0v) is 25.1. The molecular weight excluding hydrogens is 538 g/mol. The van der Waals surface area contributed by atoms with Crippen LogP contribution in [0.3, 0.4) is 0 Å². The number of fused-ring (bicyclic) bond motifs is 3. The van der Waals surface area contributed by atoms with Crippen LogP contribution in [0.5, 0.6) is 17.2 Å². The van der Waals surface area contributed by atoms with Gasteiger partial charge in [0.2, 0.25) is 23.0 Å². The fraction of sp³-hybridized carbons (Fsp3) is 0.419. The van der Waals surface area contributed by atoms with Crippen molar-refractivity contribution in [1.82, 2.24) is 15.5 Å². The Kier molecular flexibility index (Phi) is 9.39. The van der Waals surface area contributed by atoms with E-state index in [1.54, 1.807) is 26.4 Å². The summed E-state index contributed by atoms with van der Waals surface area (Å²) in [6.07, 6.45) is 1.84. The minimum Gasteiger partial charge on any atom is -0.493 e. The summed E-state index contributed by atoms with van der Waals surface area (Å²) in [6, 6.07) is 7.54. The number of carbonyl (C=O) groups excluding carboxylic acids is 2. The van der Waals surface area contributed by atoms with Gasteiger partial charge in [0.15, 0.2) is 17.3 Å². The molecule has 0 saturated carbocycles. The van der Waals surface area contributed by atoms with E-state index in [1.807, 2.05) is 32.9 Å². The third-order valence-electron chi connectivity index (χ3n) is 7.68. The second kappa shape index (κ2) is 13.0. The second-order valence-electron chi connectivity index (χ2n) is 10.5. The second-order valence-corrected chi connectivity index (χ2v) is 10.5. The Morgan fingerprint density at radius 3 is 2.43 bits per heavy atom. The van der Waals surface area contributed by atoms with E-state index < -0.39 is 12.1 Å². The molecule has 3 unspecified atom stereocenters. The molecule has 42 heavy (non-hydrogen) atoms. The van der Waals surface area contributed by atoms with E-state index in [2.05, 4.69) is 26.1 Å². The summed E-state index contributed by atoms with van der Waals surface area (Å²) in [7, 11) is 4.66. The van der Waals surface area contributed by atoms with Gasteiger partial charge >= 0.3 is 0 Å². The van der Waals surface area contributed by atoms with E-state index in [-0.39, 0.29) is 28.8 Å². The molecule has 3 atom stereocenters. The number of carbonyl (C=O) groups is 2. The molecule has 2 amide bonds. The summed E-state index contributed by atoms with van der Waals surface area (Å²) in [4.78, 5) is 39.3. The van der Waals surface area contributed by atoms with E-state index in [9.17, 15) is 14.4 Å². The molecule has 0 radical (unpaired) electrons. The number of amides is 2. The number of rotatable bonds is 10. The normalized spacial score (nSPS) is 15.3. The molecule has 0 spiro atoms. The van der Waals surface area contributed by atoms with Gasteiger partial charge in [0.25, 0.3) is 0 Å². The standard InChI is InChI=1S/C31H39N5O6/c1-8-16(2)28(31(39)34-26-13-17(3)35-36-26)33-23-12-10-20-21(15-24(23)38)22(32-18(4)37)11-9-19-14-25(40-5)29(41-6)30(42-7)27(19)20/h10,12-16,22,28H,8-9,11H2,1-7H3,(H,32,37)(H,33,38)(H2,34,35,36,39). The van der Waals surface area contributed by atoms with Crippen LogP contribution in [0.1, 0.15) is 56.5 Å². The Balaban J connectivity index is 1.87. The van der Waals surface area contributed by atoms with E-state index in [1.165, 1.54) is 20.1 Å². The first-order valence-electron chi connectivity index (χ1n) is 14.0. The number of H-pyrrole nitrogens is 1. The Labute approximate surface area is 245 Å². The molecule has 224 valence electrons. The number of nitrogens with zero attached hydrogens (tertiary/aromatic N) is 1. The zero-order valence-electron chi connectivity index (χ0n) is 25.1. The zero-order chi connectivity index (χ0) is 30.6. The quantitative estimate of drug-likeness (QED) is 0.278. The minimum absolute atomic E-state index is 0.0996. The smallest absolute Gasteiger partial charge is 0.248 e. The molecule has 1 aliphatic rings. The number of hydrogen-bond acceptors (Lipinski definition) is 8. The van der Waals surface area contributed by atoms with Crippen LogP contribution in [0.2, 0.25) is 0 Å². The van der Waals surface area contributed by atoms with Crippen molar-refractivity contribution in [3.63, 3.8) is 0 Å². The fourth-order valence-corrected chi connectivity index (χ4v) is 5.38. The van der Waals surface area contributed by atoms with Gasteiger partial charge in [0.1, 0.15) is 6.04 Å². The Bertz CT molecular complexity index is 1530. The van der Waals surface area contributed by atoms with Crippen molar-refractivity contribution in [1.29, 1.82) is 0 Å². The van der Waals surface area contributed by atoms with Crippen molar-refractivity contribution in [2.75, 3.05) is 32.0 Å². The lowest BCUT2D eigenvalue weighted by Gasteiger charge is -2.23. The highest BCUT2D eigenvalue weighted by atomic mass is 16.5. The van der Waals surface area contributed by atoms with Crippen LogP contribution in [0.4, 0.5) is 11.5 Å². The predicted molar refractivity (Wildman–Crippen MR) is 162 cm³/mol. The molecule has 4 N–H and O–H groups in total. The van der Waals surface area contributed by atoms with Crippen molar-refractivity contribution in [3.8, 4) is 28.4 Å². The Morgan fingerprint density at radius 1 is 1.10 bits per heavy atom. The van der Waals surface area contributed by atoms with Gasteiger partial charge in [-0.15, -0.1) is 0 Å². The van der Waals surface area contributed by atoms with Gasteiger partial charge < -0.3 is 30.2 Å². The number of aromatic nitrogens is 2. The molecule has 4 rings (SSSR count). The molecule has 2 aromatic carbocycles. The number of aryl methyl sites for hydroxylation is 2. The summed E-state index contributed by atoms with van der Waals surface area (Å²) < 4.78 is 17.1. The average molecular weight is 578 g/mol. The maximum atomic E-state index is 13.8. The number of benzene rings is 1. The van der Waals surface area contributed by atoms with Crippen LogP contribution >= 0.6 is 0 Å². The molecule has 0 saturated heterocycles. The molecule has 11 nitrogen and oxygen atoms in total. The molecule has 3 aromatic rings. The largest absolute Gasteiger partial charge is 0.493 e. The first-order valence-corrected chi connectivity index (χ1v) is 14.0. The number of aromatic amines is 1. The van der Waals surface area contributed by atoms with E-state index in [0.717, 1.165) is 16.8 Å². The number of hydrogen-bond donors (Lipinski definition) is 4. The summed E-state index contributed by atoms with van der Waals surface area (Å²) in [5.41, 5.74) is 3.79. The van der Waals surface area contributed by atoms with Crippen molar-refractivity contribution in [2.24, 2.45) is 5.92 Å². The molecule has 11 heteroatoms. The maximum absolute atomic E-state index is 13.8. The lowest BCUT2D eigenvalue weighted by Crippen LogP contribution is -2.40. The van der Waals surface area contributed by atoms with Gasteiger partial charge in [-0.3, -0.25) is 19.5 Å². The number of methoxy groups -OCH3 is 3. The lowest BCUT2D eigenvalue weighted by atomic mass is 9.95. The summed E-state index contributed by atoms with van der Waals surface area (Å²) in [5.74, 6) is 1.22. The monoisotopic (exact) mass is 577 g/mol. The van der Waals surface area contributed by atoms with Crippen LogP contribution < -0.4 is 35.6 Å². The Morgan fingerprint density at radius 2 is 1.83 bits per heavy atom. The third kappa shape index (κ3) is 6.19. The van der Waals surface area contributed by atoms with Gasteiger partial charge in [-0.1, -0.05) is 26.3 Å². The number of anilines is 2. The molecular formula is C31H39N5O6. The average Bonchev–Trinajstić information content (AvgIpc) is 3.23. The topological polar surface area (TPSA) is 144 Å². The molecule has 1 heterocycles. The van der Waals surface area contributed by atoms with E-state index >= 15 is 0 Å². The number of ether oxygens (including phenoxy) is 3. The van der Waals surface area contributed by atoms with E-state index in [0.29, 0.717) is 53.5 Å². The van der Waals surface area contributed by atoms with Crippen LogP contribution in [-0.4, -0.2) is 49.4 Å². The molecule has 1 aliphatic carbocycles. The van der Waals surface area contributed by atoms with Gasteiger partial charge in [-0.05, 0) is 60.6 Å². The fourth-order valence-electron chi connectivity index (χ4n) is 5.38. The maximum Gasteiger partial charge on any atom is 0.248 e. The SMILES string of the molecule is CCC(C)C(Nc1ccc2c(cc1=O)C(NC(C)=O)CCc1cc(OC)c(OC)c(OC)c1-2)C(=O)Nc1cc(C)[nH]n1. The van der Waals surface area contributed by atoms with E-state index in [4.69, 9.17) is 14.2 Å². The van der Waals surface area contributed by atoms with Crippen molar-refractivity contribution in [2.45, 2.75) is 59.0 Å². The molecule has 0 aliphatic heterocycles. The number of nitrogens with one attached hydrogen (secondary N) is 4. The highest BCUT2D eigenvalue weighted by molar-refractivity contribution is 5.96. The van der Waals surface area contributed by atoms with Crippen molar-refractivity contribution < 1.29 is 23.8 Å². The summed E-state index contributed by atoms with van der Waals surface area (Å²) in [5, 5.41) is 16.0. The van der Waals surface area contributed by atoms with Crippen molar-refractivity contribution >= 4 is 23.3 Å². The van der Waals surface area contributed by atoms with Gasteiger partial charge in [-0.2, -0.15) is 5.10 Å². The predicted octanol–water partition coefficient (Wildman–Crippen LogP) is 4.36. The highest BCUT2D eigenvalue weighted by Crippen LogP contribution is 2.50. The molecule has 1 aromatic heterocycles. The highest BCUT2D eigenvalue weighted by Gasteiger charge is 2.30. The van der Waals surface area contributed by atoms with Crippen LogP contribution in [0.25, 0.3) is 11.1 Å². The third-order valence-corrected chi connectivity index (χ3v) is 7.68. The minimum atomic E-state index is -0.709. The summed E-state index contributed by atoms with van der Waals surface area (Å²) in [6.45, 7) is 7.23. The van der Waals surface area contributed by atoms with Gasteiger partial charge in [0.05, 0.1) is 33.1 Å². The summed E-state index contributed by atoms with van der Waals surface area (Å²) >= 11 is 0. The van der Waals surface area contributed by atoms with Crippen LogP contribution in [0, 0.1) is 12.8 Å². The van der Waals surface area contributed by atoms with Crippen molar-refractivity contribution in [3.05, 3.63) is 57.4 Å². The Hall–Kier alpha value is -4.54.